The number of hydrogen-bond donors (Lipinski definition) is 1. The molecule has 10 heteroatoms. The number of carbonyl (C=O) groups is 1. The maximum absolute atomic E-state index is 13.1. The number of sulfonamides is 1. The van der Waals surface area contributed by atoms with E-state index >= 15 is 0 Å². The van der Waals surface area contributed by atoms with E-state index in [9.17, 15) is 13.2 Å². The van der Waals surface area contributed by atoms with E-state index < -0.39 is 16.0 Å². The molecule has 0 spiro atoms. The highest BCUT2D eigenvalue weighted by Crippen LogP contribution is 2.29. The molecule has 1 aromatic heterocycles. The minimum atomic E-state index is -3.86. The molecular weight excluding hydrogens is 468 g/mol. The largest absolute Gasteiger partial charge is 0.461 e. The average Bonchev–Trinajstić information content (AvgIpc) is 3.22. The third-order valence-electron chi connectivity index (χ3n) is 5.06. The minimum absolute atomic E-state index is 0.0135. The summed E-state index contributed by atoms with van der Waals surface area (Å²) in [5.41, 5.74) is 1.62. The van der Waals surface area contributed by atoms with Gasteiger partial charge in [0.2, 0.25) is 16.0 Å². The first-order valence-corrected chi connectivity index (χ1v) is 13.1. The number of aromatic nitrogens is 2. The Kier molecular flexibility index (Phi) is 9.27. The summed E-state index contributed by atoms with van der Waals surface area (Å²) in [5, 5.41) is 0. The van der Waals surface area contributed by atoms with Crippen LogP contribution in [-0.2, 0) is 26.1 Å². The van der Waals surface area contributed by atoms with Crippen molar-refractivity contribution in [2.75, 3.05) is 42.7 Å². The lowest BCUT2D eigenvalue weighted by Crippen LogP contribution is -2.23. The van der Waals surface area contributed by atoms with Gasteiger partial charge < -0.3 is 14.4 Å². The maximum atomic E-state index is 13.1. The van der Waals surface area contributed by atoms with Crippen molar-refractivity contribution < 1.29 is 22.7 Å². The van der Waals surface area contributed by atoms with Crippen LogP contribution in [0.15, 0.2) is 60.7 Å². The van der Waals surface area contributed by atoms with Crippen molar-refractivity contribution >= 4 is 27.8 Å². The second kappa shape index (κ2) is 12.4. The van der Waals surface area contributed by atoms with Crippen LogP contribution in [0.3, 0.4) is 0 Å². The van der Waals surface area contributed by atoms with Gasteiger partial charge in [-0.1, -0.05) is 61.9 Å². The number of nitrogens with one attached hydrogen (secondary N) is 1. The molecule has 1 N–H and O–H groups in total. The van der Waals surface area contributed by atoms with Crippen molar-refractivity contribution in [3.63, 3.8) is 0 Å². The predicted octanol–water partition coefficient (Wildman–Crippen LogP) is 3.85. The van der Waals surface area contributed by atoms with Crippen LogP contribution < -0.4 is 9.62 Å². The minimum Gasteiger partial charge on any atom is -0.461 e. The summed E-state index contributed by atoms with van der Waals surface area (Å²) in [4.78, 5) is 19.3. The molecule has 9 nitrogen and oxygen atoms in total. The quantitative estimate of drug-likeness (QED) is 0.281. The van der Waals surface area contributed by atoms with Crippen LogP contribution in [-0.4, -0.2) is 57.0 Å². The van der Waals surface area contributed by atoms with Gasteiger partial charge in [-0.3, -0.25) is 9.29 Å². The Balaban J connectivity index is 1.86. The number of para-hydroxylation sites is 1. The third kappa shape index (κ3) is 7.30. The van der Waals surface area contributed by atoms with Crippen LogP contribution >= 0.6 is 0 Å². The number of unbranched alkanes of at least 4 members (excludes halogenated alkanes) is 1. The Morgan fingerprint density at radius 3 is 2.31 bits per heavy atom. The van der Waals surface area contributed by atoms with Gasteiger partial charge in [-0.05, 0) is 24.1 Å². The molecule has 0 saturated carbocycles. The summed E-state index contributed by atoms with van der Waals surface area (Å²) in [7, 11) is -0.324. The monoisotopic (exact) mass is 500 g/mol. The molecule has 0 aliphatic carbocycles. The first kappa shape index (κ1) is 26.2. The number of imidazole rings is 1. The summed E-state index contributed by atoms with van der Waals surface area (Å²) >= 11 is 0. The van der Waals surface area contributed by atoms with Gasteiger partial charge in [0.05, 0.1) is 25.6 Å². The van der Waals surface area contributed by atoms with Crippen LogP contribution in [0, 0.1) is 0 Å². The fourth-order valence-electron chi connectivity index (χ4n) is 3.30. The zero-order valence-corrected chi connectivity index (χ0v) is 21.1. The van der Waals surface area contributed by atoms with Gasteiger partial charge in [-0.25, -0.2) is 13.2 Å². The number of anilines is 2. The summed E-state index contributed by atoms with van der Waals surface area (Å²) in [5.74, 6) is -0.640. The first-order chi connectivity index (χ1) is 16.8. The van der Waals surface area contributed by atoms with Gasteiger partial charge in [-0.15, -0.1) is 0 Å². The topological polar surface area (TPSA) is 103 Å². The molecule has 1 heterocycles. The average molecular weight is 501 g/mol. The van der Waals surface area contributed by atoms with Crippen molar-refractivity contribution in [1.29, 1.82) is 0 Å². The van der Waals surface area contributed by atoms with Crippen molar-refractivity contribution in [1.82, 2.24) is 9.55 Å². The number of carbonyl (C=O) groups excluding carboxylic acids is 1. The van der Waals surface area contributed by atoms with Crippen LogP contribution in [0.2, 0.25) is 0 Å². The van der Waals surface area contributed by atoms with Gasteiger partial charge >= 0.3 is 5.97 Å². The van der Waals surface area contributed by atoms with Crippen LogP contribution in [0.4, 0.5) is 11.8 Å². The molecule has 0 radical (unpaired) electrons. The van der Waals surface area contributed by atoms with Gasteiger partial charge in [0.25, 0.3) is 0 Å². The lowest BCUT2D eigenvalue weighted by atomic mass is 10.2. The second-order valence-electron chi connectivity index (χ2n) is 8.12. The number of ether oxygens (including phenoxy) is 2. The van der Waals surface area contributed by atoms with E-state index in [1.165, 1.54) is 0 Å². The van der Waals surface area contributed by atoms with Crippen molar-refractivity contribution in [2.24, 2.45) is 0 Å². The first-order valence-electron chi connectivity index (χ1n) is 11.5. The Labute approximate surface area is 206 Å². The molecule has 0 bridgehead atoms. The highest BCUT2D eigenvalue weighted by atomic mass is 32.2. The molecule has 3 rings (SSSR count). The molecule has 0 saturated heterocycles. The molecule has 188 valence electrons. The Bertz CT molecular complexity index is 1200. The zero-order chi connectivity index (χ0) is 25.3. The standard InChI is InChI=1S/C25H32N4O5S/c1-4-5-16-34-24(30)22-23(26-25(28(2)3)29(22)21-14-10-7-11-15-21)27-35(31,32)18-17-33-19-20-12-8-6-9-13-20/h6-15,27H,4-5,16-19H2,1-3H3. The van der Waals surface area contributed by atoms with Gasteiger partial charge in [0, 0.05) is 19.8 Å². The van der Waals surface area contributed by atoms with Gasteiger partial charge in [0.1, 0.15) is 0 Å². The molecule has 0 aliphatic rings. The molecular formula is C25H32N4O5S. The SMILES string of the molecule is CCCCOC(=O)c1c(NS(=O)(=O)CCOCc2ccccc2)nc(N(C)C)n1-c1ccccc1. The lowest BCUT2D eigenvalue weighted by Gasteiger charge is -2.16. The highest BCUT2D eigenvalue weighted by molar-refractivity contribution is 7.92. The second-order valence-corrected chi connectivity index (χ2v) is 9.96. The molecule has 3 aromatic rings. The summed E-state index contributed by atoms with van der Waals surface area (Å²) in [6.07, 6.45) is 1.56. The maximum Gasteiger partial charge on any atom is 0.359 e. The Morgan fingerprint density at radius 1 is 1.03 bits per heavy atom. The smallest absolute Gasteiger partial charge is 0.359 e. The van der Waals surface area contributed by atoms with Gasteiger partial charge in [-0.2, -0.15) is 4.98 Å². The number of esters is 1. The highest BCUT2D eigenvalue weighted by Gasteiger charge is 2.29. The van der Waals surface area contributed by atoms with E-state index in [0.29, 0.717) is 24.7 Å². The number of hydrogen-bond acceptors (Lipinski definition) is 7. The molecule has 0 atom stereocenters. The fourth-order valence-corrected chi connectivity index (χ4v) is 4.17. The van der Waals surface area contributed by atoms with Gasteiger partial charge in [0.15, 0.2) is 11.5 Å². The summed E-state index contributed by atoms with van der Waals surface area (Å²) in [6.45, 7) is 2.51. The van der Waals surface area contributed by atoms with Crippen molar-refractivity contribution in [3.05, 3.63) is 71.9 Å². The number of benzene rings is 2. The Hall–Kier alpha value is -3.37. The molecule has 0 unspecified atom stereocenters. The normalized spacial score (nSPS) is 11.3. The van der Waals surface area contributed by atoms with E-state index in [4.69, 9.17) is 9.47 Å². The van der Waals surface area contributed by atoms with E-state index in [1.807, 2.05) is 67.6 Å². The fraction of sp³-hybridized carbons (Fsp3) is 0.360. The van der Waals surface area contributed by atoms with Crippen molar-refractivity contribution in [2.45, 2.75) is 26.4 Å². The van der Waals surface area contributed by atoms with Crippen LogP contribution in [0.25, 0.3) is 5.69 Å². The summed E-state index contributed by atoms with van der Waals surface area (Å²) < 4.78 is 40.8. The lowest BCUT2D eigenvalue weighted by molar-refractivity contribution is 0.0492. The van der Waals surface area contributed by atoms with E-state index in [-0.39, 0.29) is 30.5 Å². The van der Waals surface area contributed by atoms with Crippen LogP contribution in [0.1, 0.15) is 35.8 Å². The predicted molar refractivity (Wildman–Crippen MR) is 137 cm³/mol. The van der Waals surface area contributed by atoms with E-state index in [0.717, 1.165) is 12.0 Å². The van der Waals surface area contributed by atoms with E-state index in [2.05, 4.69) is 9.71 Å². The summed E-state index contributed by atoms with van der Waals surface area (Å²) in [6, 6.07) is 18.6. The van der Waals surface area contributed by atoms with E-state index in [1.54, 1.807) is 23.6 Å². The molecule has 0 amide bonds. The number of rotatable bonds is 13. The molecule has 0 aliphatic heterocycles. The zero-order valence-electron chi connectivity index (χ0n) is 20.3. The Morgan fingerprint density at radius 2 is 1.69 bits per heavy atom. The van der Waals surface area contributed by atoms with Crippen LogP contribution in [0.5, 0.6) is 0 Å². The molecule has 35 heavy (non-hydrogen) atoms. The van der Waals surface area contributed by atoms with Crippen molar-refractivity contribution in [3.8, 4) is 5.69 Å². The molecule has 0 fully saturated rings. The molecule has 2 aromatic carbocycles. The third-order valence-corrected chi connectivity index (χ3v) is 6.27. The number of nitrogens with zero attached hydrogens (tertiary/aromatic N) is 3.